The lowest BCUT2D eigenvalue weighted by Gasteiger charge is -2.10. The van der Waals surface area contributed by atoms with E-state index in [1.807, 2.05) is 0 Å². The first kappa shape index (κ1) is 15.0. The van der Waals surface area contributed by atoms with Crippen molar-refractivity contribution in [1.82, 2.24) is 0 Å². The van der Waals surface area contributed by atoms with Gasteiger partial charge in [-0.2, -0.15) is 0 Å². The van der Waals surface area contributed by atoms with Gasteiger partial charge < -0.3 is 9.84 Å². The fourth-order valence-electron chi connectivity index (χ4n) is 1.50. The summed E-state index contributed by atoms with van der Waals surface area (Å²) in [6.45, 7) is 6.53. The lowest BCUT2D eigenvalue weighted by atomic mass is 10.0. The molecular formula is C15H18O4. The number of hydrogen-bond donors (Lipinski definition) is 1. The number of aliphatic carboxylic acids is 1. The monoisotopic (exact) mass is 262 g/mol. The zero-order valence-electron chi connectivity index (χ0n) is 11.3. The normalized spacial score (nSPS) is 10.9. The topological polar surface area (TPSA) is 63.6 Å². The highest BCUT2D eigenvalue weighted by Gasteiger charge is 2.08. The molecule has 1 N–H and O–H groups in total. The number of ether oxygens (including phenoxy) is 1. The minimum Gasteiger partial charge on any atom is -0.493 e. The maximum Gasteiger partial charge on any atom is 0.328 e. The van der Waals surface area contributed by atoms with E-state index in [2.05, 4.69) is 13.8 Å². The number of benzene rings is 1. The minimum atomic E-state index is -1.14. The van der Waals surface area contributed by atoms with E-state index in [9.17, 15) is 9.59 Å². The van der Waals surface area contributed by atoms with Crippen molar-refractivity contribution < 1.29 is 19.4 Å². The van der Waals surface area contributed by atoms with Gasteiger partial charge in [0, 0.05) is 11.6 Å². The van der Waals surface area contributed by atoms with Gasteiger partial charge in [0.2, 0.25) is 0 Å². The molecule has 0 saturated carbocycles. The standard InChI is InChI=1S/C15H18O4/c1-10(2)9-19-12-4-5-13(11(3)8-12)14(16)6-7-15(17)18/h4-8,10H,9H2,1-3H3,(H,17,18)/b7-6+. The van der Waals surface area contributed by atoms with Gasteiger partial charge in [0.15, 0.2) is 5.78 Å². The Balaban J connectivity index is 2.82. The summed E-state index contributed by atoms with van der Waals surface area (Å²) < 4.78 is 5.56. The van der Waals surface area contributed by atoms with Crippen molar-refractivity contribution in [1.29, 1.82) is 0 Å². The van der Waals surface area contributed by atoms with Crippen molar-refractivity contribution >= 4 is 11.8 Å². The van der Waals surface area contributed by atoms with E-state index in [0.717, 1.165) is 17.7 Å². The van der Waals surface area contributed by atoms with Crippen molar-refractivity contribution in [2.75, 3.05) is 6.61 Å². The van der Waals surface area contributed by atoms with Gasteiger partial charge in [-0.3, -0.25) is 4.79 Å². The number of carboxylic acids is 1. The molecule has 4 nitrogen and oxygen atoms in total. The van der Waals surface area contributed by atoms with Gasteiger partial charge in [0.25, 0.3) is 0 Å². The third kappa shape index (κ3) is 4.95. The van der Waals surface area contributed by atoms with Crippen LogP contribution in [0.4, 0.5) is 0 Å². The molecule has 0 saturated heterocycles. The molecule has 0 aliphatic rings. The molecule has 1 rings (SSSR count). The number of rotatable bonds is 6. The molecule has 0 aromatic heterocycles. The molecule has 0 radical (unpaired) electrons. The number of carbonyl (C=O) groups excluding carboxylic acids is 1. The fourth-order valence-corrected chi connectivity index (χ4v) is 1.50. The molecule has 0 spiro atoms. The minimum absolute atomic E-state index is 0.324. The van der Waals surface area contributed by atoms with Crippen LogP contribution in [0.2, 0.25) is 0 Å². The second kappa shape index (κ2) is 6.73. The molecule has 0 heterocycles. The summed E-state index contributed by atoms with van der Waals surface area (Å²) in [5, 5.41) is 8.49. The average molecular weight is 262 g/mol. The molecule has 0 amide bonds. The molecular weight excluding hydrogens is 244 g/mol. The molecule has 0 aliphatic carbocycles. The van der Waals surface area contributed by atoms with Crippen LogP contribution in [-0.2, 0) is 4.79 Å². The van der Waals surface area contributed by atoms with Crippen LogP contribution in [0.3, 0.4) is 0 Å². The van der Waals surface area contributed by atoms with Crippen molar-refractivity contribution in [3.8, 4) is 5.75 Å². The van der Waals surface area contributed by atoms with E-state index in [0.29, 0.717) is 23.8 Å². The number of carboxylic acid groups (broad SMARTS) is 1. The quantitative estimate of drug-likeness (QED) is 0.632. The van der Waals surface area contributed by atoms with Crippen LogP contribution >= 0.6 is 0 Å². The third-order valence-corrected chi connectivity index (χ3v) is 2.42. The van der Waals surface area contributed by atoms with E-state index in [4.69, 9.17) is 9.84 Å². The largest absolute Gasteiger partial charge is 0.493 e. The third-order valence-electron chi connectivity index (χ3n) is 2.42. The number of carbonyl (C=O) groups is 2. The summed E-state index contributed by atoms with van der Waals surface area (Å²) in [6, 6.07) is 5.15. The van der Waals surface area contributed by atoms with E-state index in [1.54, 1.807) is 25.1 Å². The molecule has 4 heteroatoms. The van der Waals surface area contributed by atoms with Gasteiger partial charge in [-0.1, -0.05) is 13.8 Å². The van der Waals surface area contributed by atoms with E-state index < -0.39 is 5.97 Å². The molecule has 1 aromatic rings. The van der Waals surface area contributed by atoms with E-state index in [1.165, 1.54) is 0 Å². The van der Waals surface area contributed by atoms with Crippen molar-refractivity contribution in [2.24, 2.45) is 5.92 Å². The molecule has 102 valence electrons. The Morgan fingerprint density at radius 2 is 2.00 bits per heavy atom. The Bertz CT molecular complexity index is 501. The van der Waals surface area contributed by atoms with Crippen molar-refractivity contribution in [2.45, 2.75) is 20.8 Å². The predicted molar refractivity (Wildman–Crippen MR) is 72.6 cm³/mol. The Hall–Kier alpha value is -2.10. The summed E-state index contributed by atoms with van der Waals surface area (Å²) in [7, 11) is 0. The summed E-state index contributed by atoms with van der Waals surface area (Å²) in [4.78, 5) is 22.1. The molecule has 0 bridgehead atoms. The van der Waals surface area contributed by atoms with Crippen molar-refractivity contribution in [3.05, 3.63) is 41.5 Å². The SMILES string of the molecule is Cc1cc(OCC(C)C)ccc1C(=O)/C=C/C(=O)O. The number of aryl methyl sites for hydroxylation is 1. The molecule has 0 unspecified atom stereocenters. The number of hydrogen-bond acceptors (Lipinski definition) is 3. The molecule has 0 fully saturated rings. The molecule has 19 heavy (non-hydrogen) atoms. The predicted octanol–water partition coefficient (Wildman–Crippen LogP) is 2.85. The second-order valence-corrected chi connectivity index (χ2v) is 4.72. The maximum absolute atomic E-state index is 11.8. The summed E-state index contributed by atoms with van der Waals surface area (Å²) in [5.74, 6) is -0.316. The van der Waals surface area contributed by atoms with Gasteiger partial charge in [-0.15, -0.1) is 0 Å². The van der Waals surface area contributed by atoms with Crippen LogP contribution in [0.5, 0.6) is 5.75 Å². The van der Waals surface area contributed by atoms with Gasteiger partial charge in [-0.25, -0.2) is 4.79 Å². The van der Waals surface area contributed by atoms with Gasteiger partial charge in [0.1, 0.15) is 5.75 Å². The van der Waals surface area contributed by atoms with Crippen LogP contribution in [0.25, 0.3) is 0 Å². The summed E-state index contributed by atoms with van der Waals surface area (Å²) >= 11 is 0. The Labute approximate surface area is 112 Å². The Kier molecular flexibility index (Phi) is 5.30. The first-order valence-electron chi connectivity index (χ1n) is 6.09. The lowest BCUT2D eigenvalue weighted by Crippen LogP contribution is -2.05. The molecule has 0 atom stereocenters. The van der Waals surface area contributed by atoms with Crippen molar-refractivity contribution in [3.63, 3.8) is 0 Å². The first-order valence-corrected chi connectivity index (χ1v) is 6.09. The fraction of sp³-hybridized carbons (Fsp3) is 0.333. The van der Waals surface area contributed by atoms with Crippen LogP contribution in [-0.4, -0.2) is 23.5 Å². The van der Waals surface area contributed by atoms with Crippen LogP contribution in [0.15, 0.2) is 30.4 Å². The van der Waals surface area contributed by atoms with Crippen LogP contribution in [0.1, 0.15) is 29.8 Å². The Morgan fingerprint density at radius 3 is 2.53 bits per heavy atom. The van der Waals surface area contributed by atoms with Crippen LogP contribution < -0.4 is 4.74 Å². The highest BCUT2D eigenvalue weighted by atomic mass is 16.5. The average Bonchev–Trinajstić information content (AvgIpc) is 2.33. The van der Waals surface area contributed by atoms with E-state index in [-0.39, 0.29) is 5.78 Å². The highest BCUT2D eigenvalue weighted by molar-refractivity contribution is 6.07. The molecule has 1 aromatic carbocycles. The highest BCUT2D eigenvalue weighted by Crippen LogP contribution is 2.18. The van der Waals surface area contributed by atoms with Gasteiger partial charge in [-0.05, 0) is 42.7 Å². The maximum atomic E-state index is 11.8. The van der Waals surface area contributed by atoms with Crippen LogP contribution in [0, 0.1) is 12.8 Å². The number of ketones is 1. The van der Waals surface area contributed by atoms with Gasteiger partial charge in [0.05, 0.1) is 6.61 Å². The number of allylic oxidation sites excluding steroid dienone is 1. The summed E-state index contributed by atoms with van der Waals surface area (Å²) in [5.41, 5.74) is 1.25. The lowest BCUT2D eigenvalue weighted by molar-refractivity contribution is -0.131. The second-order valence-electron chi connectivity index (χ2n) is 4.72. The zero-order chi connectivity index (χ0) is 14.4. The van der Waals surface area contributed by atoms with Gasteiger partial charge >= 0.3 is 5.97 Å². The zero-order valence-corrected chi connectivity index (χ0v) is 11.3. The Morgan fingerprint density at radius 1 is 1.32 bits per heavy atom. The first-order chi connectivity index (χ1) is 8.90. The summed E-state index contributed by atoms with van der Waals surface area (Å²) in [6.07, 6.45) is 1.89. The molecule has 0 aliphatic heterocycles. The smallest absolute Gasteiger partial charge is 0.328 e. The van der Waals surface area contributed by atoms with E-state index >= 15 is 0 Å².